The van der Waals surface area contributed by atoms with Crippen LogP contribution < -0.4 is 4.72 Å². The molecule has 2 unspecified atom stereocenters. The fraction of sp³-hybridized carbons (Fsp3) is 0.889. The van der Waals surface area contributed by atoms with Crippen molar-refractivity contribution < 1.29 is 22.7 Å². The zero-order valence-corrected chi connectivity index (χ0v) is 16.1. The van der Waals surface area contributed by atoms with Gasteiger partial charge in [0.05, 0.1) is 13.7 Å². The van der Waals surface area contributed by atoms with Crippen LogP contribution in [0.1, 0.15) is 64.7 Å². The van der Waals surface area contributed by atoms with Gasteiger partial charge >= 0.3 is 5.97 Å². The van der Waals surface area contributed by atoms with Gasteiger partial charge in [-0.15, -0.1) is 0 Å². The Morgan fingerprint density at radius 3 is 2.60 bits per heavy atom. The summed E-state index contributed by atoms with van der Waals surface area (Å²) in [4.78, 5) is 23.4. The van der Waals surface area contributed by atoms with E-state index in [1.54, 1.807) is 0 Å². The highest BCUT2D eigenvalue weighted by Gasteiger charge is 2.48. The van der Waals surface area contributed by atoms with Gasteiger partial charge in [-0.2, -0.15) is 0 Å². The van der Waals surface area contributed by atoms with Gasteiger partial charge in [0.2, 0.25) is 11.3 Å². The lowest BCUT2D eigenvalue weighted by Gasteiger charge is -2.30. The largest absolute Gasteiger partial charge is 0.469 e. The molecule has 2 rings (SSSR count). The summed E-state index contributed by atoms with van der Waals surface area (Å²) in [6.07, 6.45) is 7.11. The van der Waals surface area contributed by atoms with Gasteiger partial charge in [-0.25, -0.2) is 8.93 Å². The monoisotopic (exact) mass is 373 g/mol. The number of ketones is 1. The number of ether oxygens (including phenoxy) is 1. The fourth-order valence-corrected chi connectivity index (χ4v) is 5.23. The number of esters is 1. The smallest absolute Gasteiger partial charge is 0.305 e. The molecule has 2 bridgehead atoms. The predicted octanol–water partition coefficient (Wildman–Crippen LogP) is 2.69. The lowest BCUT2D eigenvalue weighted by atomic mass is 9.81. The first-order valence-corrected chi connectivity index (χ1v) is 10.5. The fourth-order valence-electron chi connectivity index (χ4n) is 4.25. The molecule has 0 aromatic carbocycles. The van der Waals surface area contributed by atoms with Crippen molar-refractivity contribution in [2.24, 2.45) is 17.8 Å². The molecular formula is C18H31NO5S. The van der Waals surface area contributed by atoms with Crippen molar-refractivity contribution in [3.05, 3.63) is 0 Å². The Kier molecular flexibility index (Phi) is 8.52. The standard InChI is InChI=1S/C18H31NO5S/c1-3-10-24-25(22)19-18-14-9-8-13(11-14)16(18)12-15(20)6-4-5-7-17(21)23-2/h13-14,16,18-19H,3-12H2,1-2H3/t13-,14+,16+,18?,25?/m0/s1. The molecule has 0 amide bonds. The van der Waals surface area contributed by atoms with E-state index >= 15 is 0 Å². The van der Waals surface area contributed by atoms with Crippen LogP contribution in [0.3, 0.4) is 0 Å². The average Bonchev–Trinajstić information content (AvgIpc) is 3.19. The van der Waals surface area contributed by atoms with Crippen LogP contribution in [0.2, 0.25) is 0 Å². The zero-order chi connectivity index (χ0) is 18.2. The van der Waals surface area contributed by atoms with Gasteiger partial charge in [-0.05, 0) is 56.3 Å². The summed E-state index contributed by atoms with van der Waals surface area (Å²) in [5.74, 6) is 1.36. The summed E-state index contributed by atoms with van der Waals surface area (Å²) < 4.78 is 25.0. The molecule has 2 saturated carbocycles. The Morgan fingerprint density at radius 2 is 1.88 bits per heavy atom. The maximum absolute atomic E-state index is 12.3. The van der Waals surface area contributed by atoms with Gasteiger partial charge in [0.15, 0.2) is 0 Å². The molecule has 5 atom stereocenters. The van der Waals surface area contributed by atoms with E-state index in [9.17, 15) is 13.8 Å². The highest BCUT2D eigenvalue weighted by molar-refractivity contribution is 7.78. The zero-order valence-electron chi connectivity index (χ0n) is 15.3. The molecule has 25 heavy (non-hydrogen) atoms. The minimum atomic E-state index is -1.47. The Labute approximate surface area is 153 Å². The summed E-state index contributed by atoms with van der Waals surface area (Å²) in [5.41, 5.74) is 0. The Hall–Kier alpha value is -0.790. The molecule has 2 fully saturated rings. The number of Topliss-reactive ketones (excluding diaryl/α,β-unsaturated/α-hetero) is 1. The predicted molar refractivity (Wildman–Crippen MR) is 95.7 cm³/mol. The molecule has 0 saturated heterocycles. The van der Waals surface area contributed by atoms with E-state index in [0.717, 1.165) is 25.7 Å². The highest BCUT2D eigenvalue weighted by atomic mass is 32.2. The first-order chi connectivity index (χ1) is 12.0. The second kappa shape index (κ2) is 10.4. The molecule has 0 aromatic heterocycles. The number of rotatable bonds is 12. The van der Waals surface area contributed by atoms with Gasteiger partial charge in [-0.1, -0.05) is 6.92 Å². The number of carbonyl (C=O) groups is 2. The van der Waals surface area contributed by atoms with Crippen LogP contribution in [0.5, 0.6) is 0 Å². The summed E-state index contributed by atoms with van der Waals surface area (Å²) in [7, 11) is 1.38. The van der Waals surface area contributed by atoms with E-state index in [1.807, 2.05) is 6.92 Å². The maximum atomic E-state index is 12.3. The minimum Gasteiger partial charge on any atom is -0.469 e. The third-order valence-electron chi connectivity index (χ3n) is 5.49. The van der Waals surface area contributed by atoms with E-state index in [4.69, 9.17) is 4.18 Å². The van der Waals surface area contributed by atoms with Gasteiger partial charge in [0.25, 0.3) is 0 Å². The quantitative estimate of drug-likeness (QED) is 0.420. The SMILES string of the molecule is CCCOS(=O)NC1[C@@H]2CC[C@@H](C2)[C@H]1CC(=O)CCCCC(=O)OC. The first-order valence-electron chi connectivity index (χ1n) is 9.44. The van der Waals surface area contributed by atoms with E-state index in [-0.39, 0.29) is 23.7 Å². The van der Waals surface area contributed by atoms with Gasteiger partial charge in [-0.3, -0.25) is 13.8 Å². The normalized spacial score (nSPS) is 28.9. The number of methoxy groups -OCH3 is 1. The van der Waals surface area contributed by atoms with Crippen molar-refractivity contribution in [3.63, 3.8) is 0 Å². The van der Waals surface area contributed by atoms with Gasteiger partial charge in [0.1, 0.15) is 5.78 Å². The summed E-state index contributed by atoms with van der Waals surface area (Å²) in [6.45, 7) is 2.46. The Balaban J connectivity index is 1.77. The molecule has 0 aliphatic heterocycles. The first kappa shape index (κ1) is 20.5. The highest BCUT2D eigenvalue weighted by Crippen LogP contribution is 2.50. The van der Waals surface area contributed by atoms with Crippen LogP contribution in [-0.4, -0.2) is 35.7 Å². The second-order valence-electron chi connectivity index (χ2n) is 7.22. The number of nitrogens with one attached hydrogen (secondary N) is 1. The molecule has 1 N–H and O–H groups in total. The van der Waals surface area contributed by atoms with E-state index in [2.05, 4.69) is 9.46 Å². The van der Waals surface area contributed by atoms with Gasteiger partial charge < -0.3 is 4.74 Å². The van der Waals surface area contributed by atoms with Crippen molar-refractivity contribution in [2.75, 3.05) is 13.7 Å². The molecule has 144 valence electrons. The van der Waals surface area contributed by atoms with Crippen LogP contribution in [0, 0.1) is 17.8 Å². The maximum Gasteiger partial charge on any atom is 0.305 e. The van der Waals surface area contributed by atoms with Crippen molar-refractivity contribution in [2.45, 2.75) is 70.8 Å². The number of fused-ring (bicyclic) bond motifs is 2. The topological polar surface area (TPSA) is 81.7 Å². The molecule has 2 aliphatic rings. The number of hydrogen-bond acceptors (Lipinski definition) is 5. The van der Waals surface area contributed by atoms with Crippen LogP contribution in [-0.2, 0) is 29.8 Å². The van der Waals surface area contributed by atoms with Crippen LogP contribution in [0.25, 0.3) is 0 Å². The molecule has 7 heteroatoms. The molecule has 0 spiro atoms. The van der Waals surface area contributed by atoms with Crippen molar-refractivity contribution in [1.29, 1.82) is 0 Å². The number of unbranched alkanes of at least 4 members (excludes halogenated alkanes) is 1. The lowest BCUT2D eigenvalue weighted by Crippen LogP contribution is -2.42. The molecular weight excluding hydrogens is 342 g/mol. The third kappa shape index (κ3) is 6.15. The lowest BCUT2D eigenvalue weighted by molar-refractivity contribution is -0.140. The van der Waals surface area contributed by atoms with Crippen LogP contribution in [0.4, 0.5) is 0 Å². The molecule has 6 nitrogen and oxygen atoms in total. The summed E-state index contributed by atoms with van der Waals surface area (Å²) in [5, 5.41) is 0. The Morgan fingerprint density at radius 1 is 1.16 bits per heavy atom. The Bertz CT molecular complexity index is 484. The summed E-state index contributed by atoms with van der Waals surface area (Å²) in [6, 6.07) is 0.121. The van der Waals surface area contributed by atoms with Crippen LogP contribution in [0.15, 0.2) is 0 Å². The molecule has 0 heterocycles. The van der Waals surface area contributed by atoms with Gasteiger partial charge in [0, 0.05) is 25.3 Å². The van der Waals surface area contributed by atoms with Crippen molar-refractivity contribution >= 4 is 23.0 Å². The number of carbonyl (C=O) groups excluding carboxylic acids is 2. The molecule has 2 aliphatic carbocycles. The molecule has 0 radical (unpaired) electrons. The van der Waals surface area contributed by atoms with Crippen LogP contribution >= 0.6 is 0 Å². The third-order valence-corrected chi connectivity index (χ3v) is 6.34. The van der Waals surface area contributed by atoms with E-state index < -0.39 is 11.3 Å². The van der Waals surface area contributed by atoms with E-state index in [0.29, 0.717) is 44.1 Å². The molecule has 0 aromatic rings. The van der Waals surface area contributed by atoms with Crippen molar-refractivity contribution in [3.8, 4) is 0 Å². The summed E-state index contributed by atoms with van der Waals surface area (Å²) >= 11 is -1.47. The van der Waals surface area contributed by atoms with Crippen molar-refractivity contribution in [1.82, 2.24) is 4.72 Å². The number of hydrogen-bond donors (Lipinski definition) is 1. The average molecular weight is 374 g/mol. The minimum absolute atomic E-state index is 0.121. The second-order valence-corrected chi connectivity index (χ2v) is 8.16. The van der Waals surface area contributed by atoms with E-state index in [1.165, 1.54) is 13.5 Å².